The first-order valence-electron chi connectivity index (χ1n) is 7.42. The highest BCUT2D eigenvalue weighted by Gasteiger charge is 2.06. The van der Waals surface area contributed by atoms with E-state index in [0.29, 0.717) is 18.7 Å². The Balaban J connectivity index is 1.47. The summed E-state index contributed by atoms with van der Waals surface area (Å²) in [5.74, 6) is -0.218. The van der Waals surface area contributed by atoms with Crippen molar-refractivity contribution in [3.05, 3.63) is 59.1 Å². The number of nitrogens with one attached hydrogen (secondary N) is 1. The van der Waals surface area contributed by atoms with Gasteiger partial charge in [0.05, 0.1) is 29.3 Å². The number of nitrogens with zero attached hydrogens (tertiary/aromatic N) is 2. The lowest BCUT2D eigenvalue weighted by molar-refractivity contribution is -0.121. The van der Waals surface area contributed by atoms with Crippen LogP contribution in [0.5, 0.6) is 0 Å². The number of amides is 1. The van der Waals surface area contributed by atoms with Gasteiger partial charge in [-0.15, -0.1) is 11.3 Å². The van der Waals surface area contributed by atoms with Gasteiger partial charge in [0.2, 0.25) is 5.91 Å². The average Bonchev–Trinajstić information content (AvgIpc) is 2.99. The van der Waals surface area contributed by atoms with E-state index in [-0.39, 0.29) is 12.5 Å². The first-order chi connectivity index (χ1) is 11.7. The number of benzene rings is 2. The maximum absolute atomic E-state index is 11.9. The van der Waals surface area contributed by atoms with Crippen LogP contribution in [0.25, 0.3) is 10.2 Å². The number of fused-ring (bicyclic) bond motifs is 1. The lowest BCUT2D eigenvalue weighted by Gasteiger charge is -2.06. The van der Waals surface area contributed by atoms with Gasteiger partial charge in [0.1, 0.15) is 11.6 Å². The van der Waals surface area contributed by atoms with Crippen LogP contribution in [0.2, 0.25) is 0 Å². The monoisotopic (exact) mass is 337 g/mol. The summed E-state index contributed by atoms with van der Waals surface area (Å²) in [6.45, 7) is 0.281. The maximum Gasteiger partial charge on any atom is 0.250 e. The summed E-state index contributed by atoms with van der Waals surface area (Å²) < 4.78 is 6.55. The van der Waals surface area contributed by atoms with Crippen molar-refractivity contribution in [1.82, 2.24) is 4.98 Å². The molecule has 0 unspecified atom stereocenters. The third-order valence-electron chi connectivity index (χ3n) is 3.32. The first kappa shape index (κ1) is 16.1. The third-order valence-corrected chi connectivity index (χ3v) is 4.33. The molecule has 1 N–H and O–H groups in total. The highest BCUT2D eigenvalue weighted by atomic mass is 32.1. The number of carbonyl (C=O) groups excluding carboxylic acids is 1. The first-order valence-corrected chi connectivity index (χ1v) is 8.24. The van der Waals surface area contributed by atoms with E-state index in [2.05, 4.69) is 16.4 Å². The van der Waals surface area contributed by atoms with Crippen LogP contribution in [-0.4, -0.2) is 17.5 Å². The van der Waals surface area contributed by atoms with Gasteiger partial charge in [-0.2, -0.15) is 5.26 Å². The maximum atomic E-state index is 11.9. The predicted octanol–water partition coefficient (Wildman–Crippen LogP) is 3.52. The molecule has 1 heterocycles. The lowest BCUT2D eigenvalue weighted by atomic mass is 10.1. The van der Waals surface area contributed by atoms with Crippen molar-refractivity contribution in [2.45, 2.75) is 13.0 Å². The second-order valence-electron chi connectivity index (χ2n) is 5.15. The van der Waals surface area contributed by atoms with Gasteiger partial charge in [0.15, 0.2) is 0 Å². The van der Waals surface area contributed by atoms with Crippen molar-refractivity contribution >= 4 is 33.1 Å². The van der Waals surface area contributed by atoms with Gasteiger partial charge in [-0.1, -0.05) is 24.3 Å². The molecule has 0 saturated heterocycles. The number of carbonyl (C=O) groups is 1. The fourth-order valence-corrected chi connectivity index (χ4v) is 3.11. The zero-order chi connectivity index (χ0) is 16.8. The quantitative estimate of drug-likeness (QED) is 0.747. The number of para-hydroxylation sites is 1. The molecule has 1 aromatic heterocycles. The van der Waals surface area contributed by atoms with Gasteiger partial charge in [0.25, 0.3) is 0 Å². The summed E-state index contributed by atoms with van der Waals surface area (Å²) >= 11 is 1.56. The van der Waals surface area contributed by atoms with E-state index in [9.17, 15) is 4.79 Å². The Hall–Kier alpha value is -2.75. The molecule has 0 aliphatic heterocycles. The minimum absolute atomic E-state index is 0.0319. The van der Waals surface area contributed by atoms with Gasteiger partial charge in [-0.3, -0.25) is 4.79 Å². The van der Waals surface area contributed by atoms with Gasteiger partial charge in [0, 0.05) is 5.69 Å². The van der Waals surface area contributed by atoms with E-state index in [1.807, 2.05) is 36.4 Å². The van der Waals surface area contributed by atoms with Crippen LogP contribution in [0.3, 0.4) is 0 Å². The van der Waals surface area contributed by atoms with Gasteiger partial charge in [-0.25, -0.2) is 4.98 Å². The predicted molar refractivity (Wildman–Crippen MR) is 93.7 cm³/mol. The Bertz CT molecular complexity index is 848. The molecule has 0 spiro atoms. The van der Waals surface area contributed by atoms with Crippen molar-refractivity contribution in [2.24, 2.45) is 0 Å². The van der Waals surface area contributed by atoms with E-state index in [1.54, 1.807) is 23.5 Å². The van der Waals surface area contributed by atoms with Crippen molar-refractivity contribution < 1.29 is 9.53 Å². The second kappa shape index (κ2) is 7.68. The van der Waals surface area contributed by atoms with Gasteiger partial charge >= 0.3 is 0 Å². The van der Waals surface area contributed by atoms with Crippen LogP contribution in [0.4, 0.5) is 5.69 Å². The van der Waals surface area contributed by atoms with Crippen LogP contribution in [0.15, 0.2) is 48.5 Å². The molecule has 3 aromatic rings. The smallest absolute Gasteiger partial charge is 0.250 e. The summed E-state index contributed by atoms with van der Waals surface area (Å²) in [5, 5.41) is 12.2. The van der Waals surface area contributed by atoms with E-state index in [4.69, 9.17) is 10.00 Å². The summed E-state index contributed by atoms with van der Waals surface area (Å²) in [6, 6.07) is 17.2. The molecule has 3 rings (SSSR count). The van der Waals surface area contributed by atoms with E-state index < -0.39 is 0 Å². The number of nitriles is 1. The van der Waals surface area contributed by atoms with Crippen LogP contribution >= 0.6 is 11.3 Å². The number of aromatic nitrogens is 1. The molecule has 0 radical (unpaired) electrons. The lowest BCUT2D eigenvalue weighted by Crippen LogP contribution is -2.18. The Kier molecular flexibility index (Phi) is 5.16. The fourth-order valence-electron chi connectivity index (χ4n) is 2.21. The largest absolute Gasteiger partial charge is 0.364 e. The SMILES string of the molecule is N#CCc1ccc(NC(=O)COCc2nc3ccccc3s2)cc1. The molecule has 0 aliphatic carbocycles. The van der Waals surface area contributed by atoms with E-state index in [0.717, 1.165) is 20.8 Å². The summed E-state index contributed by atoms with van der Waals surface area (Å²) in [5.41, 5.74) is 2.55. The topological polar surface area (TPSA) is 75.0 Å². The van der Waals surface area contributed by atoms with Crippen molar-refractivity contribution in [2.75, 3.05) is 11.9 Å². The van der Waals surface area contributed by atoms with Crippen LogP contribution in [0, 0.1) is 11.3 Å². The Morgan fingerprint density at radius 3 is 2.75 bits per heavy atom. The number of hydrogen-bond acceptors (Lipinski definition) is 5. The zero-order valence-corrected chi connectivity index (χ0v) is 13.7. The second-order valence-corrected chi connectivity index (χ2v) is 6.26. The molecule has 0 bridgehead atoms. The normalized spacial score (nSPS) is 10.5. The molecular formula is C18H15N3O2S. The Morgan fingerprint density at radius 2 is 2.00 bits per heavy atom. The fraction of sp³-hybridized carbons (Fsp3) is 0.167. The molecule has 0 fully saturated rings. The highest BCUT2D eigenvalue weighted by Crippen LogP contribution is 2.21. The third kappa shape index (κ3) is 4.16. The standard InChI is InChI=1S/C18H15N3O2S/c19-10-9-13-5-7-14(8-6-13)20-17(22)11-23-12-18-21-15-3-1-2-4-16(15)24-18/h1-8H,9,11-12H2,(H,20,22). The number of ether oxygens (including phenoxy) is 1. The molecule has 120 valence electrons. The summed E-state index contributed by atoms with van der Waals surface area (Å²) in [7, 11) is 0. The molecule has 5 nitrogen and oxygen atoms in total. The summed E-state index contributed by atoms with van der Waals surface area (Å²) in [6.07, 6.45) is 0.361. The molecule has 1 amide bonds. The van der Waals surface area contributed by atoms with Crippen molar-refractivity contribution in [3.8, 4) is 6.07 Å². The molecule has 0 saturated carbocycles. The number of thiazole rings is 1. The van der Waals surface area contributed by atoms with Crippen LogP contribution in [0.1, 0.15) is 10.6 Å². The van der Waals surface area contributed by atoms with Gasteiger partial charge in [-0.05, 0) is 29.8 Å². The molecule has 6 heteroatoms. The van der Waals surface area contributed by atoms with Gasteiger partial charge < -0.3 is 10.1 Å². The van der Waals surface area contributed by atoms with Crippen LogP contribution in [-0.2, 0) is 22.6 Å². The number of anilines is 1. The number of rotatable bonds is 6. The molecule has 24 heavy (non-hydrogen) atoms. The highest BCUT2D eigenvalue weighted by molar-refractivity contribution is 7.18. The van der Waals surface area contributed by atoms with E-state index >= 15 is 0 Å². The Labute approximate surface area is 143 Å². The molecule has 0 atom stereocenters. The Morgan fingerprint density at radius 1 is 1.21 bits per heavy atom. The van der Waals surface area contributed by atoms with Crippen molar-refractivity contribution in [3.63, 3.8) is 0 Å². The minimum Gasteiger partial charge on any atom is -0.364 e. The molecule has 2 aromatic carbocycles. The molecular weight excluding hydrogens is 322 g/mol. The van der Waals surface area contributed by atoms with Crippen molar-refractivity contribution in [1.29, 1.82) is 5.26 Å². The number of hydrogen-bond donors (Lipinski definition) is 1. The minimum atomic E-state index is -0.218. The van der Waals surface area contributed by atoms with E-state index in [1.165, 1.54) is 0 Å². The molecule has 0 aliphatic rings. The average molecular weight is 337 g/mol. The van der Waals surface area contributed by atoms with Crippen LogP contribution < -0.4 is 5.32 Å². The summed E-state index contributed by atoms with van der Waals surface area (Å²) in [4.78, 5) is 16.3. The zero-order valence-electron chi connectivity index (χ0n) is 12.9.